The highest BCUT2D eigenvalue weighted by molar-refractivity contribution is 7.93. The van der Waals surface area contributed by atoms with Crippen LogP contribution in [0.1, 0.15) is 42.6 Å². The Kier molecular flexibility index (Phi) is 6.41. The van der Waals surface area contributed by atoms with E-state index in [1.54, 1.807) is 17.8 Å². The Hall–Kier alpha value is -2.78. The van der Waals surface area contributed by atoms with Crippen molar-refractivity contribution in [1.82, 2.24) is 24.0 Å². The second kappa shape index (κ2) is 9.27. The third kappa shape index (κ3) is 4.66. The van der Waals surface area contributed by atoms with E-state index in [1.165, 1.54) is 12.5 Å². The summed E-state index contributed by atoms with van der Waals surface area (Å²) in [7, 11) is -2.64. The van der Waals surface area contributed by atoms with Crippen molar-refractivity contribution in [2.45, 2.75) is 42.4 Å². The Labute approximate surface area is 208 Å². The number of aryl methyl sites for hydroxylation is 1. The van der Waals surface area contributed by atoms with Crippen LogP contribution in [0.5, 0.6) is 5.75 Å². The van der Waals surface area contributed by atoms with Crippen LogP contribution in [-0.4, -0.2) is 51.8 Å². The Morgan fingerprint density at radius 2 is 2.03 bits per heavy atom. The summed E-state index contributed by atoms with van der Waals surface area (Å²) in [5.41, 5.74) is 1.02. The van der Waals surface area contributed by atoms with Gasteiger partial charge in [0.05, 0.1) is 24.3 Å². The smallest absolute Gasteiger partial charge is 0.391 e. The Morgan fingerprint density at radius 1 is 1.22 bits per heavy atom. The van der Waals surface area contributed by atoms with Gasteiger partial charge in [0.2, 0.25) is 5.13 Å². The highest BCUT2D eigenvalue weighted by Gasteiger charge is 2.47. The largest absolute Gasteiger partial charge is 0.493 e. The normalized spacial score (nSPS) is 23.2. The molecular formula is C21H22F4N6O3S2. The lowest BCUT2D eigenvalue weighted by Gasteiger charge is -2.45. The van der Waals surface area contributed by atoms with Gasteiger partial charge in [-0.2, -0.15) is 22.6 Å². The molecule has 3 aromatic rings. The van der Waals surface area contributed by atoms with Gasteiger partial charge in [-0.05, 0) is 25.0 Å². The fraction of sp³-hybridized carbons (Fsp3) is 0.476. The molecule has 1 N–H and O–H groups in total. The van der Waals surface area contributed by atoms with Crippen molar-refractivity contribution in [3.05, 3.63) is 47.8 Å². The van der Waals surface area contributed by atoms with Crippen LogP contribution in [0.2, 0.25) is 0 Å². The van der Waals surface area contributed by atoms with Gasteiger partial charge < -0.3 is 4.74 Å². The lowest BCUT2D eigenvalue weighted by Crippen LogP contribution is -2.44. The Bertz CT molecular complexity index is 1350. The van der Waals surface area contributed by atoms with Crippen LogP contribution in [0.3, 0.4) is 0 Å². The zero-order valence-electron chi connectivity index (χ0n) is 18.9. The first-order valence-electron chi connectivity index (χ1n) is 11.1. The Morgan fingerprint density at radius 3 is 2.69 bits per heavy atom. The number of anilines is 1. The third-order valence-electron chi connectivity index (χ3n) is 6.65. The minimum Gasteiger partial charge on any atom is -0.493 e. The van der Waals surface area contributed by atoms with Gasteiger partial charge in [0.1, 0.15) is 22.8 Å². The van der Waals surface area contributed by atoms with Crippen LogP contribution >= 0.6 is 11.5 Å². The van der Waals surface area contributed by atoms with Gasteiger partial charge in [-0.1, -0.05) is 0 Å². The van der Waals surface area contributed by atoms with Gasteiger partial charge in [0.25, 0.3) is 10.0 Å². The number of sulfonamides is 1. The molecule has 0 radical (unpaired) electrons. The molecule has 1 aromatic carbocycles. The Balaban J connectivity index is 1.50. The molecule has 1 saturated heterocycles. The van der Waals surface area contributed by atoms with Crippen molar-refractivity contribution in [3.63, 3.8) is 0 Å². The highest BCUT2D eigenvalue weighted by Crippen LogP contribution is 2.48. The molecule has 4 heterocycles. The van der Waals surface area contributed by atoms with E-state index in [1.807, 2.05) is 4.90 Å². The summed E-state index contributed by atoms with van der Waals surface area (Å²) in [4.78, 5) is 5.06. The zero-order chi connectivity index (χ0) is 25.7. The number of aromatic nitrogens is 4. The molecule has 0 aliphatic carbocycles. The zero-order valence-corrected chi connectivity index (χ0v) is 20.6. The van der Waals surface area contributed by atoms with E-state index in [-0.39, 0.29) is 36.9 Å². The monoisotopic (exact) mass is 546 g/mol. The molecule has 2 aromatic heterocycles. The first kappa shape index (κ1) is 24.9. The molecule has 9 nitrogen and oxygen atoms in total. The van der Waals surface area contributed by atoms with Gasteiger partial charge in [0.15, 0.2) is 0 Å². The lowest BCUT2D eigenvalue weighted by molar-refractivity contribution is -0.192. The number of likely N-dealkylation sites (tertiary alicyclic amines) is 1. The molecule has 194 valence electrons. The van der Waals surface area contributed by atoms with Crippen LogP contribution in [0, 0.1) is 11.7 Å². The van der Waals surface area contributed by atoms with Gasteiger partial charge >= 0.3 is 6.18 Å². The molecular weight excluding hydrogens is 524 g/mol. The minimum absolute atomic E-state index is 0.0162. The first-order chi connectivity index (χ1) is 17.0. The first-order valence-corrected chi connectivity index (χ1v) is 13.4. The maximum Gasteiger partial charge on any atom is 0.391 e. The van der Waals surface area contributed by atoms with E-state index in [0.29, 0.717) is 17.7 Å². The average molecular weight is 547 g/mol. The molecule has 1 fully saturated rings. The quantitative estimate of drug-likeness (QED) is 0.482. The molecule has 2 aliphatic heterocycles. The number of fused-ring (bicyclic) bond motifs is 1. The number of piperidine rings is 1. The minimum atomic E-state index is -4.33. The molecule has 0 bridgehead atoms. The number of nitrogens with one attached hydrogen (secondary N) is 1. The standard InChI is InChI=1S/C21H22F4N6O3S2/c1-30-16(2-5-27-30)17-8-12(21(23,24)25)3-6-31(17)15-4-7-34-18-10-19(14(22)9-13(15)18)36(32,33)29-20-26-11-28-35-20/h2,5,9-12,15,17H,3-4,6-8H2,1H3,(H,26,28,29)/t12-,15-,17+/m0/s1. The number of ether oxygens (including phenoxy) is 1. The van der Waals surface area contributed by atoms with E-state index in [2.05, 4.69) is 19.2 Å². The number of alkyl halides is 3. The van der Waals surface area contributed by atoms with Gasteiger partial charge in [-0.25, -0.2) is 17.8 Å². The predicted molar refractivity (Wildman–Crippen MR) is 121 cm³/mol. The fourth-order valence-corrected chi connectivity index (χ4v) is 6.70. The lowest BCUT2D eigenvalue weighted by atomic mass is 9.85. The predicted octanol–water partition coefficient (Wildman–Crippen LogP) is 4.05. The van der Waals surface area contributed by atoms with E-state index in [0.717, 1.165) is 23.7 Å². The highest BCUT2D eigenvalue weighted by atomic mass is 32.2. The average Bonchev–Trinajstić information content (AvgIpc) is 3.48. The summed E-state index contributed by atoms with van der Waals surface area (Å²) in [5, 5.41) is 4.11. The van der Waals surface area contributed by atoms with Crippen molar-refractivity contribution in [2.24, 2.45) is 13.0 Å². The van der Waals surface area contributed by atoms with E-state index in [4.69, 9.17) is 4.74 Å². The van der Waals surface area contributed by atoms with Crippen molar-refractivity contribution in [1.29, 1.82) is 0 Å². The molecule has 36 heavy (non-hydrogen) atoms. The molecule has 0 unspecified atom stereocenters. The summed E-state index contributed by atoms with van der Waals surface area (Å²) in [6.45, 7) is 0.328. The number of halogens is 4. The third-order valence-corrected chi connectivity index (χ3v) is 8.72. The van der Waals surface area contributed by atoms with E-state index in [9.17, 15) is 21.6 Å². The number of hydrogen-bond donors (Lipinski definition) is 1. The number of benzene rings is 1. The van der Waals surface area contributed by atoms with Crippen LogP contribution < -0.4 is 9.46 Å². The van der Waals surface area contributed by atoms with E-state index >= 15 is 4.39 Å². The number of rotatable bonds is 5. The molecule has 0 amide bonds. The second-order valence-corrected chi connectivity index (χ2v) is 11.2. The van der Waals surface area contributed by atoms with Crippen LogP contribution in [0.15, 0.2) is 35.6 Å². The van der Waals surface area contributed by atoms with Crippen molar-refractivity contribution in [2.75, 3.05) is 17.9 Å². The molecule has 0 spiro atoms. The number of nitrogens with zero attached hydrogens (tertiary/aromatic N) is 5. The summed E-state index contributed by atoms with van der Waals surface area (Å²) in [6.07, 6.45) is -1.47. The molecule has 2 aliphatic rings. The molecule has 5 rings (SSSR count). The summed E-state index contributed by atoms with van der Waals surface area (Å²) < 4.78 is 94.8. The molecule has 0 saturated carbocycles. The molecule has 3 atom stereocenters. The van der Waals surface area contributed by atoms with Crippen LogP contribution in [0.4, 0.5) is 22.7 Å². The SMILES string of the molecule is Cn1nccc1[C@H]1C[C@@H](C(F)(F)F)CCN1[C@H]1CCOc2cc(S(=O)(=O)Nc3ncns3)c(F)cc21. The van der Waals surface area contributed by atoms with Crippen molar-refractivity contribution >= 4 is 26.7 Å². The summed E-state index contributed by atoms with van der Waals surface area (Å²) in [6, 6.07) is 2.82. The van der Waals surface area contributed by atoms with Crippen LogP contribution in [0.25, 0.3) is 0 Å². The van der Waals surface area contributed by atoms with Gasteiger partial charge in [0, 0.05) is 55.4 Å². The second-order valence-electron chi connectivity index (χ2n) is 8.72. The van der Waals surface area contributed by atoms with Crippen molar-refractivity contribution in [3.8, 4) is 5.75 Å². The maximum atomic E-state index is 15.2. The number of hydrogen-bond acceptors (Lipinski definition) is 8. The van der Waals surface area contributed by atoms with E-state index < -0.39 is 44.9 Å². The van der Waals surface area contributed by atoms with Crippen molar-refractivity contribution < 1.29 is 30.7 Å². The van der Waals surface area contributed by atoms with Gasteiger partial charge in [-0.15, -0.1) is 0 Å². The summed E-state index contributed by atoms with van der Waals surface area (Å²) in [5.74, 6) is -2.29. The fourth-order valence-electron chi connectivity index (χ4n) is 4.97. The maximum absolute atomic E-state index is 15.2. The topological polar surface area (TPSA) is 102 Å². The molecule has 15 heteroatoms. The van der Waals surface area contributed by atoms with Crippen LogP contribution in [-0.2, 0) is 17.1 Å². The summed E-state index contributed by atoms with van der Waals surface area (Å²) >= 11 is 0.801. The van der Waals surface area contributed by atoms with Gasteiger partial charge in [-0.3, -0.25) is 14.3 Å².